The summed E-state index contributed by atoms with van der Waals surface area (Å²) in [5, 5.41) is 0.843. The zero-order chi connectivity index (χ0) is 13.0. The summed E-state index contributed by atoms with van der Waals surface area (Å²) in [5.74, 6) is -0.423. The molecular weight excluding hydrogens is 273 g/mol. The number of benzene rings is 1. The molecule has 0 saturated carbocycles. The first-order valence-corrected chi connectivity index (χ1v) is 5.94. The Morgan fingerprint density at radius 1 is 1.17 bits per heavy atom. The Hall–Kier alpha value is -1.58. The molecule has 0 aliphatic heterocycles. The highest BCUT2D eigenvalue weighted by molar-refractivity contribution is 6.42. The summed E-state index contributed by atoms with van der Waals surface area (Å²) in [7, 11) is 0. The van der Waals surface area contributed by atoms with E-state index in [-0.39, 0.29) is 6.61 Å². The van der Waals surface area contributed by atoms with Crippen LogP contribution in [0.15, 0.2) is 42.7 Å². The van der Waals surface area contributed by atoms with Crippen molar-refractivity contribution in [3.05, 3.63) is 63.9 Å². The molecule has 5 heteroatoms. The number of carbonyl (C=O) groups excluding carboxylic acids is 1. The molecule has 0 fully saturated rings. The molecule has 0 unspecified atom stereocenters. The third kappa shape index (κ3) is 3.00. The van der Waals surface area contributed by atoms with Gasteiger partial charge in [0.15, 0.2) is 0 Å². The second-order valence-corrected chi connectivity index (χ2v) is 4.31. The van der Waals surface area contributed by atoms with E-state index in [1.165, 1.54) is 12.4 Å². The zero-order valence-electron chi connectivity index (χ0n) is 9.27. The lowest BCUT2D eigenvalue weighted by Gasteiger charge is -2.07. The minimum absolute atomic E-state index is 0.0839. The van der Waals surface area contributed by atoms with Crippen LogP contribution in [0.5, 0.6) is 0 Å². The van der Waals surface area contributed by atoms with Crippen LogP contribution in [0.3, 0.4) is 0 Å². The van der Waals surface area contributed by atoms with Crippen molar-refractivity contribution < 1.29 is 9.53 Å². The Morgan fingerprint density at radius 2 is 1.89 bits per heavy atom. The van der Waals surface area contributed by atoms with E-state index in [9.17, 15) is 4.79 Å². The van der Waals surface area contributed by atoms with Gasteiger partial charge in [0, 0.05) is 18.0 Å². The zero-order valence-corrected chi connectivity index (χ0v) is 10.8. The van der Waals surface area contributed by atoms with E-state index < -0.39 is 5.97 Å². The molecule has 1 aromatic heterocycles. The fraction of sp³-hybridized carbons (Fsp3) is 0.0769. The van der Waals surface area contributed by atoms with Crippen LogP contribution in [0.2, 0.25) is 10.0 Å². The molecule has 0 spiro atoms. The maximum absolute atomic E-state index is 11.7. The van der Waals surface area contributed by atoms with Gasteiger partial charge in [-0.15, -0.1) is 0 Å². The summed E-state index contributed by atoms with van der Waals surface area (Å²) in [6, 6.07) is 8.36. The van der Waals surface area contributed by atoms with Crippen molar-refractivity contribution in [1.29, 1.82) is 0 Å². The van der Waals surface area contributed by atoms with Gasteiger partial charge in [0.05, 0.1) is 15.6 Å². The largest absolute Gasteiger partial charge is 0.457 e. The second kappa shape index (κ2) is 5.85. The minimum atomic E-state index is -0.423. The SMILES string of the molecule is O=C(OCc1cccc(Cl)c1Cl)c1ccncc1. The van der Waals surface area contributed by atoms with Crippen LogP contribution in [0, 0.1) is 0 Å². The van der Waals surface area contributed by atoms with Gasteiger partial charge in [0.25, 0.3) is 0 Å². The highest BCUT2D eigenvalue weighted by Crippen LogP contribution is 2.26. The average Bonchev–Trinajstić information content (AvgIpc) is 2.41. The molecular formula is C13H9Cl2NO2. The number of hydrogen-bond acceptors (Lipinski definition) is 3. The molecule has 0 aliphatic rings. The van der Waals surface area contributed by atoms with E-state index >= 15 is 0 Å². The van der Waals surface area contributed by atoms with Crippen LogP contribution in [0.25, 0.3) is 0 Å². The van der Waals surface area contributed by atoms with E-state index in [0.717, 1.165) is 0 Å². The van der Waals surface area contributed by atoms with Crippen LogP contribution >= 0.6 is 23.2 Å². The van der Waals surface area contributed by atoms with Crippen molar-refractivity contribution in [2.45, 2.75) is 6.61 Å². The normalized spacial score (nSPS) is 10.1. The Labute approximate surface area is 114 Å². The van der Waals surface area contributed by atoms with Gasteiger partial charge < -0.3 is 4.74 Å². The summed E-state index contributed by atoms with van der Waals surface area (Å²) in [6.07, 6.45) is 3.06. The fourth-order valence-corrected chi connectivity index (χ4v) is 1.75. The quantitative estimate of drug-likeness (QED) is 0.805. The number of hydrogen-bond donors (Lipinski definition) is 0. The molecule has 2 rings (SSSR count). The lowest BCUT2D eigenvalue weighted by Crippen LogP contribution is -2.05. The van der Waals surface area contributed by atoms with Crippen LogP contribution < -0.4 is 0 Å². The van der Waals surface area contributed by atoms with E-state index in [1.807, 2.05) is 0 Å². The predicted octanol–water partition coefficient (Wildman–Crippen LogP) is 3.75. The van der Waals surface area contributed by atoms with Gasteiger partial charge in [-0.3, -0.25) is 4.98 Å². The smallest absolute Gasteiger partial charge is 0.338 e. The Bertz CT molecular complexity index is 558. The first kappa shape index (κ1) is 12.9. The molecule has 3 nitrogen and oxygen atoms in total. The number of ether oxygens (including phenoxy) is 1. The number of rotatable bonds is 3. The highest BCUT2D eigenvalue weighted by atomic mass is 35.5. The number of esters is 1. The van der Waals surface area contributed by atoms with Crippen LogP contribution in [0.4, 0.5) is 0 Å². The molecule has 0 N–H and O–H groups in total. The van der Waals surface area contributed by atoms with Crippen LogP contribution in [0.1, 0.15) is 15.9 Å². The molecule has 92 valence electrons. The van der Waals surface area contributed by atoms with Gasteiger partial charge in [0.1, 0.15) is 6.61 Å². The third-order valence-corrected chi connectivity index (χ3v) is 3.16. The molecule has 18 heavy (non-hydrogen) atoms. The minimum Gasteiger partial charge on any atom is -0.457 e. The Kier molecular flexibility index (Phi) is 4.18. The van der Waals surface area contributed by atoms with Crippen molar-refractivity contribution >= 4 is 29.2 Å². The van der Waals surface area contributed by atoms with Crippen LogP contribution in [-0.2, 0) is 11.3 Å². The van der Waals surface area contributed by atoms with Crippen LogP contribution in [-0.4, -0.2) is 11.0 Å². The number of halogens is 2. The van der Waals surface area contributed by atoms with E-state index in [1.54, 1.807) is 30.3 Å². The van der Waals surface area contributed by atoms with Gasteiger partial charge in [-0.25, -0.2) is 4.79 Å². The van der Waals surface area contributed by atoms with Crippen molar-refractivity contribution in [2.24, 2.45) is 0 Å². The predicted molar refractivity (Wildman–Crippen MR) is 69.8 cm³/mol. The van der Waals surface area contributed by atoms with E-state index in [4.69, 9.17) is 27.9 Å². The molecule has 0 bridgehead atoms. The topological polar surface area (TPSA) is 39.2 Å². The molecule has 0 amide bonds. The van der Waals surface area contributed by atoms with Gasteiger partial charge >= 0.3 is 5.97 Å². The Morgan fingerprint density at radius 3 is 2.61 bits per heavy atom. The summed E-state index contributed by atoms with van der Waals surface area (Å²) >= 11 is 11.9. The van der Waals surface area contributed by atoms with Crippen molar-refractivity contribution in [2.75, 3.05) is 0 Å². The van der Waals surface area contributed by atoms with Crippen molar-refractivity contribution in [1.82, 2.24) is 4.98 Å². The third-order valence-electron chi connectivity index (χ3n) is 2.31. The average molecular weight is 282 g/mol. The van der Waals surface area contributed by atoms with Crippen molar-refractivity contribution in [3.63, 3.8) is 0 Å². The molecule has 1 heterocycles. The number of aromatic nitrogens is 1. The summed E-state index contributed by atoms with van der Waals surface area (Å²) in [4.78, 5) is 15.5. The molecule has 0 saturated heterocycles. The summed E-state index contributed by atoms with van der Waals surface area (Å²) < 4.78 is 5.14. The number of carbonyl (C=O) groups is 1. The second-order valence-electron chi connectivity index (χ2n) is 3.52. The first-order valence-electron chi connectivity index (χ1n) is 5.18. The fourth-order valence-electron chi connectivity index (χ4n) is 1.37. The molecule has 0 aliphatic carbocycles. The van der Waals surface area contributed by atoms with E-state index in [0.29, 0.717) is 21.2 Å². The number of pyridine rings is 1. The Balaban J connectivity index is 2.04. The van der Waals surface area contributed by atoms with Gasteiger partial charge in [-0.1, -0.05) is 35.3 Å². The first-order chi connectivity index (χ1) is 8.68. The van der Waals surface area contributed by atoms with Gasteiger partial charge in [0.2, 0.25) is 0 Å². The molecule has 2 aromatic rings. The lowest BCUT2D eigenvalue weighted by molar-refractivity contribution is 0.0472. The molecule has 0 atom stereocenters. The van der Waals surface area contributed by atoms with Gasteiger partial charge in [-0.2, -0.15) is 0 Å². The standard InChI is InChI=1S/C13H9Cl2NO2/c14-11-3-1-2-10(12(11)15)8-18-13(17)9-4-6-16-7-5-9/h1-7H,8H2. The lowest BCUT2D eigenvalue weighted by atomic mass is 10.2. The number of nitrogens with zero attached hydrogens (tertiary/aromatic N) is 1. The summed E-state index contributed by atoms with van der Waals surface area (Å²) in [6.45, 7) is 0.0839. The van der Waals surface area contributed by atoms with E-state index in [2.05, 4.69) is 4.98 Å². The molecule has 0 radical (unpaired) electrons. The maximum atomic E-state index is 11.7. The highest BCUT2D eigenvalue weighted by Gasteiger charge is 2.09. The monoisotopic (exact) mass is 281 g/mol. The van der Waals surface area contributed by atoms with Crippen molar-refractivity contribution in [3.8, 4) is 0 Å². The molecule has 1 aromatic carbocycles. The van der Waals surface area contributed by atoms with Gasteiger partial charge in [-0.05, 0) is 18.2 Å². The summed E-state index contributed by atoms with van der Waals surface area (Å²) in [5.41, 5.74) is 1.12. The maximum Gasteiger partial charge on any atom is 0.338 e.